The predicted octanol–water partition coefficient (Wildman–Crippen LogP) is 3.67. The van der Waals surface area contributed by atoms with Gasteiger partial charge in [-0.25, -0.2) is 0 Å². The quantitative estimate of drug-likeness (QED) is 0.794. The molecule has 0 aromatic heterocycles. The van der Waals surface area contributed by atoms with Gasteiger partial charge in [-0.2, -0.15) is 0 Å². The van der Waals surface area contributed by atoms with E-state index in [1.165, 1.54) is 48.2 Å². The van der Waals surface area contributed by atoms with Crippen LogP contribution in [-0.4, -0.2) is 12.1 Å². The summed E-state index contributed by atoms with van der Waals surface area (Å²) in [5.41, 5.74) is 5.75. The highest BCUT2D eigenvalue weighted by Gasteiger charge is 2.25. The third-order valence-electron chi connectivity index (χ3n) is 3.97. The van der Waals surface area contributed by atoms with Crippen LogP contribution >= 0.6 is 0 Å². The molecule has 1 aromatic rings. The largest absolute Gasteiger partial charge is 0.382 e. The van der Waals surface area contributed by atoms with Crippen LogP contribution in [0.4, 0.5) is 11.4 Å². The van der Waals surface area contributed by atoms with E-state index in [0.717, 1.165) is 0 Å². The van der Waals surface area contributed by atoms with Gasteiger partial charge in [-0.05, 0) is 42.9 Å². The maximum Gasteiger partial charge on any atom is 0.0396 e. The van der Waals surface area contributed by atoms with E-state index in [0.29, 0.717) is 12.1 Å². The van der Waals surface area contributed by atoms with Crippen molar-refractivity contribution in [2.75, 3.05) is 10.6 Å². The zero-order valence-electron chi connectivity index (χ0n) is 10.1. The van der Waals surface area contributed by atoms with Crippen LogP contribution in [0.15, 0.2) is 12.1 Å². The molecule has 0 fully saturated rings. The predicted molar refractivity (Wildman–Crippen MR) is 73.5 cm³/mol. The Morgan fingerprint density at radius 2 is 1.50 bits per heavy atom. The first-order valence-electron chi connectivity index (χ1n) is 6.49. The number of hydrogen-bond acceptors (Lipinski definition) is 2. The monoisotopic (exact) mass is 220 g/mol. The molecule has 0 bridgehead atoms. The summed E-state index contributed by atoms with van der Waals surface area (Å²) in [6.45, 7) is 4.51. The number of rotatable bonds is 2. The molecule has 2 heterocycles. The molecule has 16 heavy (non-hydrogen) atoms. The minimum absolute atomic E-state index is 0. The fraction of sp³-hybridized carbons (Fsp3) is 0.571. The van der Waals surface area contributed by atoms with E-state index in [2.05, 4.69) is 36.6 Å². The molecule has 2 aliphatic heterocycles. The minimum atomic E-state index is 0. The number of fused-ring (bicyclic) bond motifs is 2. The lowest BCUT2D eigenvalue weighted by molar-refractivity contribution is 0.717. The molecule has 0 amide bonds. The van der Waals surface area contributed by atoms with E-state index in [-0.39, 0.29) is 2.85 Å². The summed E-state index contributed by atoms with van der Waals surface area (Å²) in [5.74, 6) is 0. The second kappa shape index (κ2) is 3.69. The van der Waals surface area contributed by atoms with Gasteiger partial charge in [0.15, 0.2) is 0 Å². The summed E-state index contributed by atoms with van der Waals surface area (Å²) in [7, 11) is 0. The van der Waals surface area contributed by atoms with Crippen LogP contribution in [0, 0.1) is 0 Å². The second-order valence-corrected chi connectivity index (χ2v) is 5.07. The molecule has 2 unspecified atom stereocenters. The van der Waals surface area contributed by atoms with E-state index in [1.807, 2.05) is 0 Å². The average molecular weight is 220 g/mol. The Kier molecular flexibility index (Phi) is 2.31. The third kappa shape index (κ3) is 1.48. The number of anilines is 2. The molecule has 2 aliphatic rings. The Balaban J connectivity index is 0.000000810. The average Bonchev–Trinajstić information content (AvgIpc) is 2.86. The maximum atomic E-state index is 3.61. The van der Waals surface area contributed by atoms with Crippen molar-refractivity contribution in [3.8, 4) is 0 Å². The maximum absolute atomic E-state index is 3.61. The molecule has 2 nitrogen and oxygen atoms in total. The van der Waals surface area contributed by atoms with Crippen molar-refractivity contribution in [2.24, 2.45) is 0 Å². The van der Waals surface area contributed by atoms with Gasteiger partial charge < -0.3 is 10.6 Å². The molecule has 0 radical (unpaired) electrons. The van der Waals surface area contributed by atoms with E-state index >= 15 is 0 Å². The van der Waals surface area contributed by atoms with Crippen molar-refractivity contribution >= 4 is 11.4 Å². The van der Waals surface area contributed by atoms with Gasteiger partial charge in [-0.3, -0.25) is 0 Å². The zero-order chi connectivity index (χ0) is 11.1. The van der Waals surface area contributed by atoms with Gasteiger partial charge in [-0.15, -0.1) is 0 Å². The van der Waals surface area contributed by atoms with Gasteiger partial charge in [0, 0.05) is 26.3 Å². The first-order valence-corrected chi connectivity index (χ1v) is 6.49. The number of hydrogen-bond donors (Lipinski definition) is 2. The van der Waals surface area contributed by atoms with Crippen LogP contribution in [-0.2, 0) is 12.8 Å². The van der Waals surface area contributed by atoms with Crippen molar-refractivity contribution in [1.29, 1.82) is 0 Å². The van der Waals surface area contributed by atoms with Gasteiger partial charge in [-0.1, -0.05) is 19.9 Å². The molecule has 0 spiro atoms. The Morgan fingerprint density at radius 3 is 1.94 bits per heavy atom. The van der Waals surface area contributed by atoms with Gasteiger partial charge in [0.1, 0.15) is 0 Å². The van der Waals surface area contributed by atoms with Crippen molar-refractivity contribution in [3.63, 3.8) is 0 Å². The van der Waals surface area contributed by atoms with Crippen LogP contribution in [0.2, 0.25) is 0 Å². The SMILES string of the molecule is CCC1Cc2cc3c(cc2N1)NC(CC)C3.[HH].[HH]. The first kappa shape index (κ1) is 10.0. The minimum Gasteiger partial charge on any atom is -0.382 e. The Hall–Kier alpha value is -1.18. The van der Waals surface area contributed by atoms with Crippen molar-refractivity contribution in [2.45, 2.75) is 51.6 Å². The summed E-state index contributed by atoms with van der Waals surface area (Å²) >= 11 is 0. The molecule has 2 N–H and O–H groups in total. The molecular formula is C14H24N2. The van der Waals surface area contributed by atoms with E-state index in [1.54, 1.807) is 0 Å². The number of benzene rings is 1. The van der Waals surface area contributed by atoms with Crippen LogP contribution in [0.25, 0.3) is 0 Å². The highest BCUT2D eigenvalue weighted by atomic mass is 15.0. The lowest BCUT2D eigenvalue weighted by atomic mass is 10.0. The zero-order valence-corrected chi connectivity index (χ0v) is 10.1. The smallest absolute Gasteiger partial charge is 0.0396 e. The molecule has 2 atom stereocenters. The Bertz CT molecular complexity index is 350. The van der Waals surface area contributed by atoms with Crippen LogP contribution in [0.1, 0.15) is 40.7 Å². The normalized spacial score (nSPS) is 25.9. The van der Waals surface area contributed by atoms with Crippen molar-refractivity contribution in [1.82, 2.24) is 0 Å². The third-order valence-corrected chi connectivity index (χ3v) is 3.97. The van der Waals surface area contributed by atoms with Crippen LogP contribution < -0.4 is 10.6 Å². The second-order valence-electron chi connectivity index (χ2n) is 5.07. The highest BCUT2D eigenvalue weighted by Crippen LogP contribution is 2.36. The number of nitrogens with one attached hydrogen (secondary N) is 2. The van der Waals surface area contributed by atoms with Crippen molar-refractivity contribution < 1.29 is 2.85 Å². The Morgan fingerprint density at radius 1 is 1.00 bits per heavy atom. The van der Waals surface area contributed by atoms with Gasteiger partial charge in [0.25, 0.3) is 0 Å². The molecule has 3 rings (SSSR count). The highest BCUT2D eigenvalue weighted by molar-refractivity contribution is 5.70. The molecule has 0 saturated heterocycles. The molecule has 1 aromatic carbocycles. The van der Waals surface area contributed by atoms with E-state index in [4.69, 9.17) is 0 Å². The van der Waals surface area contributed by atoms with Crippen LogP contribution in [0.3, 0.4) is 0 Å². The molecular weight excluding hydrogens is 196 g/mol. The summed E-state index contributed by atoms with van der Waals surface area (Å²) in [6, 6.07) is 6.03. The van der Waals surface area contributed by atoms with Gasteiger partial charge in [0.2, 0.25) is 0 Å². The van der Waals surface area contributed by atoms with Crippen molar-refractivity contribution in [3.05, 3.63) is 23.3 Å². The Labute approximate surface area is 100 Å². The fourth-order valence-electron chi connectivity index (χ4n) is 2.87. The first-order chi connectivity index (χ1) is 7.80. The topological polar surface area (TPSA) is 24.1 Å². The lowest BCUT2D eigenvalue weighted by Crippen LogP contribution is -2.14. The van der Waals surface area contributed by atoms with E-state index in [9.17, 15) is 0 Å². The summed E-state index contributed by atoms with van der Waals surface area (Å²) in [4.78, 5) is 0. The van der Waals surface area contributed by atoms with Gasteiger partial charge in [0.05, 0.1) is 0 Å². The molecule has 2 heteroatoms. The summed E-state index contributed by atoms with van der Waals surface area (Å²) in [5, 5.41) is 7.21. The summed E-state index contributed by atoms with van der Waals surface area (Å²) < 4.78 is 0. The van der Waals surface area contributed by atoms with E-state index < -0.39 is 0 Å². The molecule has 0 saturated carbocycles. The lowest BCUT2D eigenvalue weighted by Gasteiger charge is -2.08. The standard InChI is InChI=1S/C14H20N2.2H2/c1-3-11-6-9-5-10-7-12(4-2)16-14(10)8-13(9)15-11;;/h5,8,11-12,15-16H,3-4,6-7H2,1-2H3;2*1H. The molecule has 90 valence electrons. The molecule has 0 aliphatic carbocycles. The fourth-order valence-corrected chi connectivity index (χ4v) is 2.87. The van der Waals surface area contributed by atoms with Crippen LogP contribution in [0.5, 0.6) is 0 Å². The van der Waals surface area contributed by atoms with Gasteiger partial charge >= 0.3 is 0 Å². The summed E-state index contributed by atoms with van der Waals surface area (Å²) in [6.07, 6.45) is 4.83.